The van der Waals surface area contributed by atoms with Crippen LogP contribution in [0.3, 0.4) is 0 Å². The van der Waals surface area contributed by atoms with Crippen LogP contribution in [0.25, 0.3) is 11.0 Å². The normalized spacial score (nSPS) is 15.1. The van der Waals surface area contributed by atoms with E-state index < -0.39 is 10.0 Å². The minimum absolute atomic E-state index is 0.00419. The molecule has 1 aromatic heterocycles. The van der Waals surface area contributed by atoms with Gasteiger partial charge >= 0.3 is 0 Å². The predicted molar refractivity (Wildman–Crippen MR) is 114 cm³/mol. The van der Waals surface area contributed by atoms with Crippen molar-refractivity contribution in [2.24, 2.45) is 0 Å². The second-order valence-corrected chi connectivity index (χ2v) is 8.87. The molecule has 1 aliphatic rings. The van der Waals surface area contributed by atoms with Crippen LogP contribution in [-0.4, -0.2) is 56.7 Å². The molecule has 1 fully saturated rings. The van der Waals surface area contributed by atoms with E-state index in [2.05, 4.69) is 10.5 Å². The van der Waals surface area contributed by atoms with E-state index in [9.17, 15) is 13.2 Å². The highest BCUT2D eigenvalue weighted by atomic mass is 32.2. The lowest BCUT2D eigenvalue weighted by Crippen LogP contribution is -2.40. The smallest absolute Gasteiger partial charge is 0.246 e. The average molecular weight is 445 g/mol. The van der Waals surface area contributed by atoms with Crippen molar-refractivity contribution in [3.8, 4) is 5.75 Å². The number of ether oxygens (including phenoxy) is 2. The molecule has 0 saturated carbocycles. The van der Waals surface area contributed by atoms with E-state index in [1.54, 1.807) is 25.1 Å². The molecule has 0 bridgehead atoms. The number of nitrogens with one attached hydrogen (secondary N) is 1. The topological polar surface area (TPSA) is 111 Å². The third-order valence-electron chi connectivity index (χ3n) is 4.90. The van der Waals surface area contributed by atoms with E-state index in [1.165, 1.54) is 10.4 Å². The Kier molecular flexibility index (Phi) is 6.21. The van der Waals surface area contributed by atoms with Crippen LogP contribution in [0.4, 0.5) is 5.69 Å². The molecule has 1 N–H and O–H groups in total. The lowest BCUT2D eigenvalue weighted by Gasteiger charge is -2.27. The van der Waals surface area contributed by atoms with Crippen LogP contribution in [0.15, 0.2) is 51.9 Å². The molecule has 1 aliphatic heterocycles. The van der Waals surface area contributed by atoms with E-state index in [-0.39, 0.29) is 36.1 Å². The molecule has 10 heteroatoms. The van der Waals surface area contributed by atoms with Crippen molar-refractivity contribution >= 4 is 32.6 Å². The second-order valence-electron chi connectivity index (χ2n) is 6.96. The van der Waals surface area contributed by atoms with Gasteiger partial charge in [-0.3, -0.25) is 4.79 Å². The molecule has 2 aromatic carbocycles. The fraction of sp³-hybridized carbons (Fsp3) is 0.333. The number of sulfonamides is 1. The number of fused-ring (bicyclic) bond motifs is 1. The summed E-state index contributed by atoms with van der Waals surface area (Å²) in [5.74, 6) is -0.0904. The number of carbonyl (C=O) groups is 1. The van der Waals surface area contributed by atoms with Crippen LogP contribution in [0.1, 0.15) is 12.6 Å². The first-order valence-corrected chi connectivity index (χ1v) is 11.4. The van der Waals surface area contributed by atoms with Gasteiger partial charge in [0.25, 0.3) is 0 Å². The third-order valence-corrected chi connectivity index (χ3v) is 6.82. The van der Waals surface area contributed by atoms with Gasteiger partial charge in [-0.05, 0) is 37.3 Å². The standard InChI is InChI=1S/C21H23N3O6S/c1-2-29-19-8-7-15(13-20(19)31(26,27)24-9-11-28-12-10-24)22-21(25)14-17-16-5-3-4-6-18(16)30-23-17/h3-8,13H,2,9-12,14H2,1H3,(H,22,25). The van der Waals surface area contributed by atoms with Crippen molar-refractivity contribution in [2.45, 2.75) is 18.2 Å². The predicted octanol–water partition coefficient (Wildman–Crippen LogP) is 2.43. The second kappa shape index (κ2) is 9.04. The first kappa shape index (κ1) is 21.3. The van der Waals surface area contributed by atoms with Crippen molar-refractivity contribution in [3.05, 3.63) is 48.2 Å². The van der Waals surface area contributed by atoms with E-state index in [1.807, 2.05) is 18.2 Å². The summed E-state index contributed by atoms with van der Waals surface area (Å²) >= 11 is 0. The number of aromatic nitrogens is 1. The molecule has 3 aromatic rings. The summed E-state index contributed by atoms with van der Waals surface area (Å²) in [4.78, 5) is 12.6. The van der Waals surface area contributed by atoms with Crippen molar-refractivity contribution in [2.75, 3.05) is 38.2 Å². The SMILES string of the molecule is CCOc1ccc(NC(=O)Cc2noc3ccccc23)cc1S(=O)(=O)N1CCOCC1. The van der Waals surface area contributed by atoms with Crippen LogP contribution < -0.4 is 10.1 Å². The van der Waals surface area contributed by atoms with Crippen LogP contribution >= 0.6 is 0 Å². The highest BCUT2D eigenvalue weighted by molar-refractivity contribution is 7.89. The summed E-state index contributed by atoms with van der Waals surface area (Å²) in [6.45, 7) is 3.31. The Balaban J connectivity index is 1.57. The maximum absolute atomic E-state index is 13.2. The first-order chi connectivity index (χ1) is 15.0. The van der Waals surface area contributed by atoms with Gasteiger partial charge in [-0.15, -0.1) is 0 Å². The van der Waals surface area contributed by atoms with Crippen molar-refractivity contribution in [1.82, 2.24) is 9.46 Å². The number of nitrogens with zero attached hydrogens (tertiary/aromatic N) is 2. The van der Waals surface area contributed by atoms with E-state index in [4.69, 9.17) is 14.0 Å². The summed E-state index contributed by atoms with van der Waals surface area (Å²) < 4.78 is 43.7. The molecule has 4 rings (SSSR count). The maximum Gasteiger partial charge on any atom is 0.246 e. The molecule has 9 nitrogen and oxygen atoms in total. The molecule has 2 heterocycles. The van der Waals surface area contributed by atoms with Gasteiger partial charge in [0, 0.05) is 24.2 Å². The lowest BCUT2D eigenvalue weighted by molar-refractivity contribution is -0.115. The van der Waals surface area contributed by atoms with Gasteiger partial charge in [0.05, 0.1) is 26.2 Å². The Morgan fingerprint density at radius 2 is 1.97 bits per heavy atom. The van der Waals surface area contributed by atoms with Gasteiger partial charge < -0.3 is 19.3 Å². The van der Waals surface area contributed by atoms with Crippen LogP contribution in [0.2, 0.25) is 0 Å². The number of carbonyl (C=O) groups excluding carboxylic acids is 1. The van der Waals surface area contributed by atoms with Crippen molar-refractivity contribution < 1.29 is 27.2 Å². The number of para-hydroxylation sites is 1. The van der Waals surface area contributed by atoms with Gasteiger partial charge in [-0.1, -0.05) is 17.3 Å². The molecule has 31 heavy (non-hydrogen) atoms. The molecule has 0 unspecified atom stereocenters. The van der Waals surface area contributed by atoms with Crippen LogP contribution in [-0.2, 0) is 26.0 Å². The molecule has 0 atom stereocenters. The third kappa shape index (κ3) is 4.55. The largest absolute Gasteiger partial charge is 0.492 e. The molecule has 0 radical (unpaired) electrons. The summed E-state index contributed by atoms with van der Waals surface area (Å²) in [5.41, 5.74) is 1.47. The Morgan fingerprint density at radius 3 is 2.74 bits per heavy atom. The number of amides is 1. The zero-order chi connectivity index (χ0) is 21.8. The van der Waals surface area contributed by atoms with Gasteiger partial charge in [0.2, 0.25) is 15.9 Å². The summed E-state index contributed by atoms with van der Waals surface area (Å²) in [5, 5.41) is 7.47. The Bertz CT molecular complexity index is 1180. The average Bonchev–Trinajstić information content (AvgIpc) is 3.18. The van der Waals surface area contributed by atoms with E-state index >= 15 is 0 Å². The Hall–Kier alpha value is -2.95. The Labute approximate surface area is 180 Å². The number of anilines is 1. The number of hydrogen-bond acceptors (Lipinski definition) is 7. The van der Waals surface area contributed by atoms with Crippen molar-refractivity contribution in [1.29, 1.82) is 0 Å². The fourth-order valence-electron chi connectivity index (χ4n) is 3.41. The van der Waals surface area contributed by atoms with Gasteiger partial charge in [-0.25, -0.2) is 8.42 Å². The van der Waals surface area contributed by atoms with Gasteiger partial charge in [0.15, 0.2) is 5.58 Å². The minimum atomic E-state index is -3.80. The first-order valence-electron chi connectivity index (χ1n) is 9.97. The molecular formula is C21H23N3O6S. The molecular weight excluding hydrogens is 422 g/mol. The monoisotopic (exact) mass is 445 g/mol. The van der Waals surface area contributed by atoms with Crippen molar-refractivity contribution in [3.63, 3.8) is 0 Å². The molecule has 0 aliphatic carbocycles. The number of hydrogen-bond donors (Lipinski definition) is 1. The highest BCUT2D eigenvalue weighted by Crippen LogP contribution is 2.30. The molecule has 164 valence electrons. The fourth-order valence-corrected chi connectivity index (χ4v) is 4.98. The quantitative estimate of drug-likeness (QED) is 0.595. The number of morpholine rings is 1. The summed E-state index contributed by atoms with van der Waals surface area (Å²) in [6.07, 6.45) is -0.00419. The number of benzene rings is 2. The zero-order valence-corrected chi connectivity index (χ0v) is 17.9. The Morgan fingerprint density at radius 1 is 1.19 bits per heavy atom. The highest BCUT2D eigenvalue weighted by Gasteiger charge is 2.30. The summed E-state index contributed by atoms with van der Waals surface area (Å²) in [7, 11) is -3.80. The van der Waals surface area contributed by atoms with Gasteiger partial charge in [-0.2, -0.15) is 4.31 Å². The molecule has 1 saturated heterocycles. The molecule has 0 spiro atoms. The van der Waals surface area contributed by atoms with E-state index in [0.717, 1.165) is 5.39 Å². The number of rotatable bonds is 7. The van der Waals surface area contributed by atoms with Gasteiger partial charge in [0.1, 0.15) is 16.3 Å². The van der Waals surface area contributed by atoms with Crippen LogP contribution in [0.5, 0.6) is 5.75 Å². The van der Waals surface area contributed by atoms with Crippen LogP contribution in [0, 0.1) is 0 Å². The zero-order valence-electron chi connectivity index (χ0n) is 17.0. The van der Waals surface area contributed by atoms with E-state index in [0.29, 0.717) is 36.8 Å². The minimum Gasteiger partial charge on any atom is -0.492 e. The molecule has 1 amide bonds. The maximum atomic E-state index is 13.2. The lowest BCUT2D eigenvalue weighted by atomic mass is 10.1. The summed E-state index contributed by atoms with van der Waals surface area (Å²) in [6, 6.07) is 11.9.